The maximum Gasteiger partial charge on any atom is 0.343 e. The Hall–Kier alpha value is -3.53. The molecule has 1 amide bonds. The van der Waals surface area contributed by atoms with E-state index < -0.39 is 5.97 Å². The number of nitrogens with one attached hydrogen (secondary N) is 1. The molecule has 10 heteroatoms. The lowest BCUT2D eigenvalue weighted by atomic mass is 10.1. The summed E-state index contributed by atoms with van der Waals surface area (Å²) < 4.78 is 8.14. The number of benzene rings is 1. The van der Waals surface area contributed by atoms with Gasteiger partial charge >= 0.3 is 5.97 Å². The number of nitrogens with zero attached hydrogens (tertiary/aromatic N) is 6. The van der Waals surface area contributed by atoms with Crippen molar-refractivity contribution in [2.24, 2.45) is 7.05 Å². The summed E-state index contributed by atoms with van der Waals surface area (Å²) in [5.74, 6) is -0.454. The quantitative estimate of drug-likeness (QED) is 0.563. The minimum atomic E-state index is -0.518. The van der Waals surface area contributed by atoms with Gasteiger partial charge in [0.15, 0.2) is 0 Å². The van der Waals surface area contributed by atoms with Crippen LogP contribution in [0.2, 0.25) is 0 Å². The number of carbonyl (C=O) groups is 2. The molecule has 3 aromatic rings. The zero-order valence-electron chi connectivity index (χ0n) is 17.4. The fraction of sp³-hybridized carbons (Fsp3) is 0.350. The van der Waals surface area contributed by atoms with E-state index in [-0.39, 0.29) is 30.7 Å². The van der Waals surface area contributed by atoms with Crippen molar-refractivity contribution in [3.63, 3.8) is 0 Å². The maximum atomic E-state index is 12.6. The summed E-state index contributed by atoms with van der Waals surface area (Å²) in [5, 5.41) is 10.9. The van der Waals surface area contributed by atoms with Crippen molar-refractivity contribution >= 4 is 17.7 Å². The van der Waals surface area contributed by atoms with E-state index in [9.17, 15) is 9.59 Å². The van der Waals surface area contributed by atoms with Crippen LogP contribution in [0.4, 0.5) is 5.82 Å². The number of likely N-dealkylation sites (N-methyl/N-ethyl adjacent to an activating group) is 1. The molecule has 1 N–H and O–H groups in total. The van der Waals surface area contributed by atoms with E-state index in [1.165, 1.54) is 17.2 Å². The molecule has 3 rings (SSSR count). The van der Waals surface area contributed by atoms with Crippen molar-refractivity contribution in [2.75, 3.05) is 25.5 Å². The highest BCUT2D eigenvalue weighted by Crippen LogP contribution is 2.21. The van der Waals surface area contributed by atoms with Crippen LogP contribution in [0.3, 0.4) is 0 Å². The van der Waals surface area contributed by atoms with Crippen molar-refractivity contribution in [2.45, 2.75) is 19.9 Å². The summed E-state index contributed by atoms with van der Waals surface area (Å²) in [5.41, 5.74) is 2.19. The molecule has 2 aromatic heterocycles. The number of hydrogen-bond donors (Lipinski definition) is 1. The van der Waals surface area contributed by atoms with Gasteiger partial charge in [-0.15, -0.1) is 0 Å². The highest BCUT2D eigenvalue weighted by atomic mass is 16.5. The van der Waals surface area contributed by atoms with Gasteiger partial charge in [0.25, 0.3) is 0 Å². The van der Waals surface area contributed by atoms with E-state index in [0.29, 0.717) is 5.82 Å². The average molecular weight is 411 g/mol. The molecule has 0 bridgehead atoms. The van der Waals surface area contributed by atoms with E-state index in [4.69, 9.17) is 4.74 Å². The molecule has 0 fully saturated rings. The van der Waals surface area contributed by atoms with Crippen molar-refractivity contribution in [1.82, 2.24) is 29.4 Å². The summed E-state index contributed by atoms with van der Waals surface area (Å²) in [6, 6.07) is 7.90. The van der Waals surface area contributed by atoms with Gasteiger partial charge in [-0.3, -0.25) is 14.4 Å². The Labute approximate surface area is 174 Å². The first kappa shape index (κ1) is 21.2. The molecule has 0 aliphatic carbocycles. The first-order chi connectivity index (χ1) is 14.4. The Morgan fingerprint density at radius 3 is 2.60 bits per heavy atom. The van der Waals surface area contributed by atoms with Crippen molar-refractivity contribution in [3.05, 3.63) is 54.2 Å². The highest BCUT2D eigenvalue weighted by molar-refractivity contribution is 6.00. The second-order valence-corrected chi connectivity index (χ2v) is 6.82. The number of ether oxygens (including phenoxy) is 1. The number of hydrogen-bond acceptors (Lipinski definition) is 7. The van der Waals surface area contributed by atoms with Crippen LogP contribution < -0.4 is 5.32 Å². The molecular formula is C20H25N7O3. The third-order valence-corrected chi connectivity index (χ3v) is 4.80. The SMILES string of the molecule is CCOC(=O)c1cnn(C)c1NC(=O)CN(C)C(C)c1ccc(-n2cncn2)cc1. The fourth-order valence-corrected chi connectivity index (χ4v) is 2.98. The molecule has 10 nitrogen and oxygen atoms in total. The van der Waals surface area contributed by atoms with Crippen LogP contribution in [0.25, 0.3) is 5.69 Å². The maximum absolute atomic E-state index is 12.6. The minimum Gasteiger partial charge on any atom is -0.462 e. The topological polar surface area (TPSA) is 107 Å². The normalized spacial score (nSPS) is 12.0. The Bertz CT molecular complexity index is 996. The third-order valence-electron chi connectivity index (χ3n) is 4.80. The summed E-state index contributed by atoms with van der Waals surface area (Å²) in [4.78, 5) is 30.5. The third kappa shape index (κ3) is 4.71. The first-order valence-electron chi connectivity index (χ1n) is 9.54. The van der Waals surface area contributed by atoms with E-state index in [2.05, 4.69) is 20.5 Å². The smallest absolute Gasteiger partial charge is 0.343 e. The summed E-state index contributed by atoms with van der Waals surface area (Å²) >= 11 is 0. The van der Waals surface area contributed by atoms with Crippen LogP contribution >= 0.6 is 0 Å². The van der Waals surface area contributed by atoms with Crippen molar-refractivity contribution in [1.29, 1.82) is 0 Å². The lowest BCUT2D eigenvalue weighted by molar-refractivity contribution is -0.117. The molecule has 0 radical (unpaired) electrons. The molecule has 158 valence electrons. The number of amides is 1. The monoisotopic (exact) mass is 411 g/mol. The number of aryl methyl sites for hydroxylation is 1. The van der Waals surface area contributed by atoms with Gasteiger partial charge in [-0.1, -0.05) is 12.1 Å². The molecule has 1 atom stereocenters. The zero-order valence-corrected chi connectivity index (χ0v) is 17.4. The number of esters is 1. The van der Waals surface area contributed by atoms with Gasteiger partial charge in [-0.2, -0.15) is 10.2 Å². The van der Waals surface area contributed by atoms with Crippen LogP contribution in [-0.4, -0.2) is 61.5 Å². The van der Waals surface area contributed by atoms with Gasteiger partial charge in [-0.25, -0.2) is 14.5 Å². The van der Waals surface area contributed by atoms with Crippen molar-refractivity contribution in [3.8, 4) is 5.69 Å². The molecule has 0 saturated carbocycles. The van der Waals surface area contributed by atoms with E-state index >= 15 is 0 Å². The Morgan fingerprint density at radius 1 is 1.23 bits per heavy atom. The van der Waals surface area contributed by atoms with Crippen LogP contribution in [0, 0.1) is 0 Å². The molecule has 1 unspecified atom stereocenters. The summed E-state index contributed by atoms with van der Waals surface area (Å²) in [6.45, 7) is 4.13. The highest BCUT2D eigenvalue weighted by Gasteiger charge is 2.21. The van der Waals surface area contributed by atoms with Gasteiger partial charge in [0.05, 0.1) is 25.0 Å². The fourth-order valence-electron chi connectivity index (χ4n) is 2.98. The van der Waals surface area contributed by atoms with Gasteiger partial charge in [-0.05, 0) is 38.6 Å². The van der Waals surface area contributed by atoms with Gasteiger partial charge < -0.3 is 10.1 Å². The molecule has 2 heterocycles. The van der Waals surface area contributed by atoms with Crippen LogP contribution in [0.1, 0.15) is 35.8 Å². The van der Waals surface area contributed by atoms with Crippen LogP contribution in [-0.2, 0) is 16.6 Å². The summed E-state index contributed by atoms with van der Waals surface area (Å²) in [7, 11) is 3.52. The van der Waals surface area contributed by atoms with Gasteiger partial charge in [0.2, 0.25) is 5.91 Å². The molecule has 30 heavy (non-hydrogen) atoms. The minimum absolute atomic E-state index is 0.00314. The number of rotatable bonds is 8. The standard InChI is InChI=1S/C20H25N7O3/c1-5-30-20(29)17-10-22-26(4)19(17)24-18(28)11-25(3)14(2)15-6-8-16(9-7-15)27-13-21-12-23-27/h6-10,12-14H,5,11H2,1-4H3,(H,24,28). The van der Waals surface area contributed by atoms with E-state index in [1.807, 2.05) is 43.1 Å². The van der Waals surface area contributed by atoms with Gasteiger partial charge in [0.1, 0.15) is 24.0 Å². The predicted octanol–water partition coefficient (Wildman–Crippen LogP) is 1.81. The first-order valence-corrected chi connectivity index (χ1v) is 9.54. The average Bonchev–Trinajstić information content (AvgIpc) is 3.38. The number of aromatic nitrogens is 5. The Balaban J connectivity index is 1.63. The van der Waals surface area contributed by atoms with E-state index in [1.54, 1.807) is 25.0 Å². The number of carbonyl (C=O) groups excluding carboxylic acids is 2. The second kappa shape index (κ2) is 9.31. The zero-order chi connectivity index (χ0) is 21.7. The van der Waals surface area contributed by atoms with Gasteiger partial charge in [0, 0.05) is 13.1 Å². The van der Waals surface area contributed by atoms with E-state index in [0.717, 1.165) is 11.3 Å². The molecule has 0 aliphatic heterocycles. The molecule has 0 aliphatic rings. The lowest BCUT2D eigenvalue weighted by Gasteiger charge is -2.24. The summed E-state index contributed by atoms with van der Waals surface area (Å²) in [6.07, 6.45) is 4.51. The molecule has 0 spiro atoms. The molecular weight excluding hydrogens is 386 g/mol. The Kier molecular flexibility index (Phi) is 6.58. The number of anilines is 1. The van der Waals surface area contributed by atoms with Crippen LogP contribution in [0.5, 0.6) is 0 Å². The molecule has 1 aromatic carbocycles. The Morgan fingerprint density at radius 2 is 1.97 bits per heavy atom. The van der Waals surface area contributed by atoms with Crippen LogP contribution in [0.15, 0.2) is 43.1 Å². The molecule has 0 saturated heterocycles. The van der Waals surface area contributed by atoms with Crippen molar-refractivity contribution < 1.29 is 14.3 Å². The predicted molar refractivity (Wildman–Crippen MR) is 110 cm³/mol. The largest absolute Gasteiger partial charge is 0.462 e. The lowest BCUT2D eigenvalue weighted by Crippen LogP contribution is -2.33. The second-order valence-electron chi connectivity index (χ2n) is 6.82.